The number of rotatable bonds is 7. The van der Waals surface area contributed by atoms with Crippen LogP contribution in [-0.2, 0) is 0 Å². The molecule has 29 heavy (non-hydrogen) atoms. The fraction of sp³-hybridized carbons (Fsp3) is 0.280. The molecule has 0 radical (unpaired) electrons. The molecular weight excluding hydrogens is 362 g/mol. The Morgan fingerprint density at radius 2 is 1.69 bits per heavy atom. The summed E-state index contributed by atoms with van der Waals surface area (Å²) in [6.07, 6.45) is 0.841. The van der Waals surface area contributed by atoms with E-state index < -0.39 is 0 Å². The highest BCUT2D eigenvalue weighted by Gasteiger charge is 2.30. The van der Waals surface area contributed by atoms with E-state index in [2.05, 4.69) is 35.6 Å². The third-order valence-corrected chi connectivity index (χ3v) is 5.30. The zero-order valence-corrected chi connectivity index (χ0v) is 16.9. The first-order valence-electron chi connectivity index (χ1n) is 10.1. The Balaban J connectivity index is 1.50. The van der Waals surface area contributed by atoms with Crippen molar-refractivity contribution in [1.82, 2.24) is 5.32 Å². The van der Waals surface area contributed by atoms with E-state index in [0.29, 0.717) is 5.92 Å². The van der Waals surface area contributed by atoms with E-state index in [1.807, 2.05) is 55.5 Å². The van der Waals surface area contributed by atoms with Crippen molar-refractivity contribution in [2.24, 2.45) is 0 Å². The summed E-state index contributed by atoms with van der Waals surface area (Å²) in [6, 6.07) is 26.4. The topological polar surface area (TPSA) is 39.7 Å². The summed E-state index contributed by atoms with van der Waals surface area (Å²) in [5, 5.41) is 3.53. The maximum absolute atomic E-state index is 6.34. The van der Waals surface area contributed by atoms with Crippen molar-refractivity contribution >= 4 is 0 Å². The monoisotopic (exact) mass is 389 g/mol. The molecule has 1 N–H and O–H groups in total. The summed E-state index contributed by atoms with van der Waals surface area (Å²) in [4.78, 5) is 0. The number of nitrogens with one attached hydrogen (secondary N) is 1. The summed E-state index contributed by atoms with van der Waals surface area (Å²) < 4.78 is 17.8. The second-order valence-electron chi connectivity index (χ2n) is 7.33. The van der Waals surface area contributed by atoms with Gasteiger partial charge in [-0.05, 0) is 49.2 Å². The van der Waals surface area contributed by atoms with Crippen molar-refractivity contribution in [2.45, 2.75) is 31.6 Å². The lowest BCUT2D eigenvalue weighted by Gasteiger charge is -2.33. The lowest BCUT2D eigenvalue weighted by molar-refractivity contribution is 0.143. The highest BCUT2D eigenvalue weighted by atomic mass is 16.5. The Morgan fingerprint density at radius 1 is 0.966 bits per heavy atom. The lowest BCUT2D eigenvalue weighted by atomic mass is 9.87. The minimum atomic E-state index is -0.0931. The molecule has 4 nitrogen and oxygen atoms in total. The van der Waals surface area contributed by atoms with Gasteiger partial charge in [-0.1, -0.05) is 48.5 Å². The zero-order valence-electron chi connectivity index (χ0n) is 16.9. The highest BCUT2D eigenvalue weighted by Crippen LogP contribution is 2.43. The molecule has 150 valence electrons. The van der Waals surface area contributed by atoms with Crippen LogP contribution in [0.5, 0.6) is 17.2 Å². The maximum Gasteiger partial charge on any atom is 0.147 e. The largest absolute Gasteiger partial charge is 0.497 e. The van der Waals surface area contributed by atoms with Crippen LogP contribution in [0.4, 0.5) is 0 Å². The number of para-hydroxylation sites is 1. The summed E-state index contributed by atoms with van der Waals surface area (Å²) >= 11 is 0. The van der Waals surface area contributed by atoms with Gasteiger partial charge in [0.05, 0.1) is 7.11 Å². The van der Waals surface area contributed by atoms with Crippen LogP contribution in [0.25, 0.3) is 0 Å². The van der Waals surface area contributed by atoms with Gasteiger partial charge in [0.25, 0.3) is 0 Å². The standard InChI is InChI=1S/C25H27NO3/c1-18(28-21-11-7-4-8-12-21)26-17-20-15-25(19-9-5-3-6-10-19)29-24-14-13-22(27-2)16-23(20)24/h3-14,16,18,20,25-26H,15,17H2,1-2H3/t18?,20-,25?/m0/s1. The normalized spacial score (nSPS) is 19.0. The van der Waals surface area contributed by atoms with Gasteiger partial charge in [0.2, 0.25) is 0 Å². The third-order valence-electron chi connectivity index (χ3n) is 5.30. The van der Waals surface area contributed by atoms with Crippen molar-refractivity contribution in [2.75, 3.05) is 13.7 Å². The van der Waals surface area contributed by atoms with Crippen molar-refractivity contribution in [3.8, 4) is 17.2 Å². The van der Waals surface area contributed by atoms with Crippen LogP contribution in [0.2, 0.25) is 0 Å². The van der Waals surface area contributed by atoms with Crippen molar-refractivity contribution < 1.29 is 14.2 Å². The van der Waals surface area contributed by atoms with Gasteiger partial charge in [0.15, 0.2) is 0 Å². The Bertz CT molecular complexity index is 914. The van der Waals surface area contributed by atoms with Gasteiger partial charge in [0, 0.05) is 18.0 Å². The van der Waals surface area contributed by atoms with E-state index >= 15 is 0 Å². The molecule has 3 atom stereocenters. The first kappa shape index (κ1) is 19.3. The molecule has 0 aliphatic carbocycles. The summed E-state index contributed by atoms with van der Waals surface area (Å²) in [6.45, 7) is 2.83. The Kier molecular flexibility index (Phi) is 6.01. The van der Waals surface area contributed by atoms with E-state index in [9.17, 15) is 0 Å². The SMILES string of the molecule is COc1ccc2c(c1)[C@H](CNC(C)Oc1ccccc1)CC(c1ccccc1)O2. The Hall–Kier alpha value is -2.98. The number of hydrogen-bond donors (Lipinski definition) is 1. The quantitative estimate of drug-likeness (QED) is 0.556. The Labute approximate surface area is 172 Å². The molecule has 1 heterocycles. The molecular formula is C25H27NO3. The average molecular weight is 389 g/mol. The number of methoxy groups -OCH3 is 1. The molecule has 0 spiro atoms. The van der Waals surface area contributed by atoms with Gasteiger partial charge < -0.3 is 14.2 Å². The number of hydrogen-bond acceptors (Lipinski definition) is 4. The van der Waals surface area contributed by atoms with Crippen LogP contribution < -0.4 is 19.5 Å². The van der Waals surface area contributed by atoms with Crippen LogP contribution in [0.3, 0.4) is 0 Å². The van der Waals surface area contributed by atoms with Crippen molar-refractivity contribution in [1.29, 1.82) is 0 Å². The molecule has 3 aromatic rings. The van der Waals surface area contributed by atoms with E-state index in [-0.39, 0.29) is 12.3 Å². The van der Waals surface area contributed by atoms with Gasteiger partial charge in [0.1, 0.15) is 29.6 Å². The fourth-order valence-corrected chi connectivity index (χ4v) is 3.78. The fourth-order valence-electron chi connectivity index (χ4n) is 3.78. The van der Waals surface area contributed by atoms with Gasteiger partial charge >= 0.3 is 0 Å². The predicted octanol–water partition coefficient (Wildman–Crippen LogP) is 5.32. The van der Waals surface area contributed by atoms with E-state index in [1.54, 1.807) is 7.11 Å². The maximum atomic E-state index is 6.34. The highest BCUT2D eigenvalue weighted by molar-refractivity contribution is 5.45. The summed E-state index contributed by atoms with van der Waals surface area (Å²) in [5.74, 6) is 2.93. The molecule has 0 bridgehead atoms. The second-order valence-corrected chi connectivity index (χ2v) is 7.33. The van der Waals surface area contributed by atoms with E-state index in [4.69, 9.17) is 14.2 Å². The molecule has 1 aliphatic heterocycles. The number of fused-ring (bicyclic) bond motifs is 1. The third kappa shape index (κ3) is 4.72. The molecule has 0 saturated carbocycles. The minimum absolute atomic E-state index is 0.0363. The molecule has 0 aromatic heterocycles. The number of ether oxygens (including phenoxy) is 3. The predicted molar refractivity (Wildman–Crippen MR) is 115 cm³/mol. The van der Waals surface area contributed by atoms with E-state index in [1.165, 1.54) is 11.1 Å². The first-order valence-corrected chi connectivity index (χ1v) is 10.1. The molecule has 4 rings (SSSR count). The van der Waals surface area contributed by atoms with Crippen LogP contribution in [-0.4, -0.2) is 19.9 Å². The molecule has 0 saturated heterocycles. The zero-order chi connectivity index (χ0) is 20.1. The smallest absolute Gasteiger partial charge is 0.147 e. The van der Waals surface area contributed by atoms with Crippen molar-refractivity contribution in [3.05, 3.63) is 90.0 Å². The molecule has 0 amide bonds. The van der Waals surface area contributed by atoms with Crippen LogP contribution >= 0.6 is 0 Å². The second kappa shape index (κ2) is 9.01. The molecule has 2 unspecified atom stereocenters. The minimum Gasteiger partial charge on any atom is -0.497 e. The van der Waals surface area contributed by atoms with Gasteiger partial charge in [-0.2, -0.15) is 0 Å². The lowest BCUT2D eigenvalue weighted by Crippen LogP contribution is -2.36. The van der Waals surface area contributed by atoms with Gasteiger partial charge in [-0.15, -0.1) is 0 Å². The van der Waals surface area contributed by atoms with E-state index in [0.717, 1.165) is 30.2 Å². The van der Waals surface area contributed by atoms with Crippen molar-refractivity contribution in [3.63, 3.8) is 0 Å². The molecule has 0 fully saturated rings. The molecule has 1 aliphatic rings. The van der Waals surface area contributed by atoms with Gasteiger partial charge in [-0.25, -0.2) is 0 Å². The Morgan fingerprint density at radius 3 is 2.41 bits per heavy atom. The van der Waals surface area contributed by atoms with Crippen LogP contribution in [0, 0.1) is 0 Å². The first-order chi connectivity index (χ1) is 14.2. The molecule has 4 heteroatoms. The van der Waals surface area contributed by atoms with Gasteiger partial charge in [-0.3, -0.25) is 5.32 Å². The average Bonchev–Trinajstić information content (AvgIpc) is 2.78. The van der Waals surface area contributed by atoms with Crippen LogP contribution in [0.15, 0.2) is 78.9 Å². The summed E-state index contributed by atoms with van der Waals surface area (Å²) in [5.41, 5.74) is 2.38. The summed E-state index contributed by atoms with van der Waals surface area (Å²) in [7, 11) is 1.70. The van der Waals surface area contributed by atoms with Crippen LogP contribution in [0.1, 0.15) is 36.5 Å². The molecule has 3 aromatic carbocycles. The number of benzene rings is 3.